The standard InChI is InChI=1S/C10H15NO3/c1-7(6-13-3)11-10(12)9-5-4-8(2)14-9/h4-5,7H,6H2,1-3H3,(H,11,12)/t7-/m0/s1. The molecule has 0 saturated carbocycles. The lowest BCUT2D eigenvalue weighted by molar-refractivity contribution is 0.0877. The summed E-state index contributed by atoms with van der Waals surface area (Å²) in [5.74, 6) is 0.864. The summed E-state index contributed by atoms with van der Waals surface area (Å²) in [4.78, 5) is 11.5. The second-order valence-electron chi connectivity index (χ2n) is 3.24. The van der Waals surface area contributed by atoms with Gasteiger partial charge in [0.15, 0.2) is 5.76 Å². The average molecular weight is 197 g/mol. The van der Waals surface area contributed by atoms with Crippen molar-refractivity contribution in [1.82, 2.24) is 5.32 Å². The largest absolute Gasteiger partial charge is 0.456 e. The third kappa shape index (κ3) is 2.88. The van der Waals surface area contributed by atoms with Crippen LogP contribution in [-0.2, 0) is 4.74 Å². The van der Waals surface area contributed by atoms with Gasteiger partial charge in [0, 0.05) is 13.2 Å². The van der Waals surface area contributed by atoms with Crippen molar-refractivity contribution in [2.75, 3.05) is 13.7 Å². The highest BCUT2D eigenvalue weighted by Gasteiger charge is 2.12. The zero-order chi connectivity index (χ0) is 10.6. The minimum atomic E-state index is -0.206. The Hall–Kier alpha value is -1.29. The van der Waals surface area contributed by atoms with Gasteiger partial charge in [0.25, 0.3) is 5.91 Å². The predicted octanol–water partition coefficient (Wildman–Crippen LogP) is 1.35. The number of ether oxygens (including phenoxy) is 1. The number of carbonyl (C=O) groups is 1. The van der Waals surface area contributed by atoms with Crippen LogP contribution in [0.15, 0.2) is 16.5 Å². The van der Waals surface area contributed by atoms with Gasteiger partial charge in [0.1, 0.15) is 5.76 Å². The highest BCUT2D eigenvalue weighted by molar-refractivity contribution is 5.91. The lowest BCUT2D eigenvalue weighted by Crippen LogP contribution is -2.35. The molecule has 0 bridgehead atoms. The lowest BCUT2D eigenvalue weighted by atomic mass is 10.3. The molecule has 4 heteroatoms. The summed E-state index contributed by atoms with van der Waals surface area (Å²) < 4.78 is 10.1. The van der Waals surface area contributed by atoms with Gasteiger partial charge in [-0.2, -0.15) is 0 Å². The molecule has 1 amide bonds. The van der Waals surface area contributed by atoms with Crippen LogP contribution in [0, 0.1) is 6.92 Å². The molecule has 1 rings (SSSR count). The predicted molar refractivity (Wildman–Crippen MR) is 52.2 cm³/mol. The van der Waals surface area contributed by atoms with Crippen molar-refractivity contribution < 1.29 is 13.9 Å². The number of aryl methyl sites for hydroxylation is 1. The van der Waals surface area contributed by atoms with Crippen LogP contribution in [0.4, 0.5) is 0 Å². The molecular formula is C10H15NO3. The summed E-state index contributed by atoms with van der Waals surface area (Å²) in [5.41, 5.74) is 0. The molecule has 0 spiro atoms. The molecule has 4 nitrogen and oxygen atoms in total. The van der Waals surface area contributed by atoms with Crippen LogP contribution in [0.2, 0.25) is 0 Å². The molecule has 1 aromatic rings. The number of furan rings is 1. The molecule has 0 fully saturated rings. The summed E-state index contributed by atoms with van der Waals surface area (Å²) in [6.07, 6.45) is 0. The Morgan fingerprint density at radius 1 is 1.64 bits per heavy atom. The van der Waals surface area contributed by atoms with E-state index in [9.17, 15) is 4.79 Å². The Balaban J connectivity index is 2.50. The quantitative estimate of drug-likeness (QED) is 0.792. The maximum absolute atomic E-state index is 11.5. The summed E-state index contributed by atoms with van der Waals surface area (Å²) in [6.45, 7) is 4.16. The van der Waals surface area contributed by atoms with Gasteiger partial charge in [0.2, 0.25) is 0 Å². The van der Waals surface area contributed by atoms with E-state index < -0.39 is 0 Å². The Morgan fingerprint density at radius 2 is 2.36 bits per heavy atom. The number of hydrogen-bond acceptors (Lipinski definition) is 3. The van der Waals surface area contributed by atoms with E-state index in [4.69, 9.17) is 9.15 Å². The number of carbonyl (C=O) groups excluding carboxylic acids is 1. The molecule has 0 saturated heterocycles. The van der Waals surface area contributed by atoms with Crippen LogP contribution in [0.25, 0.3) is 0 Å². The molecule has 1 aromatic heterocycles. The highest BCUT2D eigenvalue weighted by Crippen LogP contribution is 2.05. The summed E-state index contributed by atoms with van der Waals surface area (Å²) in [5, 5.41) is 2.75. The van der Waals surface area contributed by atoms with Crippen LogP contribution in [0.1, 0.15) is 23.2 Å². The Bertz CT molecular complexity index is 306. The third-order valence-electron chi connectivity index (χ3n) is 1.76. The van der Waals surface area contributed by atoms with E-state index in [0.717, 1.165) is 5.76 Å². The van der Waals surface area contributed by atoms with Gasteiger partial charge in [0.05, 0.1) is 6.61 Å². The monoisotopic (exact) mass is 197 g/mol. The molecule has 0 aliphatic rings. The third-order valence-corrected chi connectivity index (χ3v) is 1.76. The van der Waals surface area contributed by atoms with Crippen molar-refractivity contribution in [3.8, 4) is 0 Å². The molecule has 78 valence electrons. The fourth-order valence-corrected chi connectivity index (χ4v) is 1.14. The van der Waals surface area contributed by atoms with Crippen LogP contribution in [0.3, 0.4) is 0 Å². The Labute approximate surface area is 83.2 Å². The van der Waals surface area contributed by atoms with Crippen molar-refractivity contribution in [3.63, 3.8) is 0 Å². The number of hydrogen-bond donors (Lipinski definition) is 1. The second-order valence-corrected chi connectivity index (χ2v) is 3.24. The number of methoxy groups -OCH3 is 1. The zero-order valence-electron chi connectivity index (χ0n) is 8.66. The SMILES string of the molecule is COC[C@H](C)NC(=O)c1ccc(C)o1. The lowest BCUT2D eigenvalue weighted by Gasteiger charge is -2.10. The fourth-order valence-electron chi connectivity index (χ4n) is 1.14. The van der Waals surface area contributed by atoms with Crippen LogP contribution >= 0.6 is 0 Å². The van der Waals surface area contributed by atoms with E-state index >= 15 is 0 Å². The zero-order valence-corrected chi connectivity index (χ0v) is 8.66. The number of amides is 1. The van der Waals surface area contributed by atoms with Crippen molar-refractivity contribution in [2.24, 2.45) is 0 Å². The molecule has 0 aromatic carbocycles. The van der Waals surface area contributed by atoms with Crippen molar-refractivity contribution in [3.05, 3.63) is 23.7 Å². The molecule has 14 heavy (non-hydrogen) atoms. The average Bonchev–Trinajstić information content (AvgIpc) is 2.52. The van der Waals surface area contributed by atoms with Crippen molar-refractivity contribution >= 4 is 5.91 Å². The van der Waals surface area contributed by atoms with E-state index in [1.807, 2.05) is 6.92 Å². The van der Waals surface area contributed by atoms with Gasteiger partial charge < -0.3 is 14.5 Å². The van der Waals surface area contributed by atoms with E-state index in [-0.39, 0.29) is 11.9 Å². The van der Waals surface area contributed by atoms with Gasteiger partial charge in [-0.1, -0.05) is 0 Å². The Morgan fingerprint density at radius 3 is 2.86 bits per heavy atom. The maximum atomic E-state index is 11.5. The second kappa shape index (κ2) is 4.81. The molecule has 0 aliphatic heterocycles. The fraction of sp³-hybridized carbons (Fsp3) is 0.500. The first-order chi connectivity index (χ1) is 6.63. The highest BCUT2D eigenvalue weighted by atomic mass is 16.5. The molecule has 1 heterocycles. The number of rotatable bonds is 4. The van der Waals surface area contributed by atoms with E-state index in [1.54, 1.807) is 26.2 Å². The molecule has 1 atom stereocenters. The maximum Gasteiger partial charge on any atom is 0.287 e. The molecule has 0 unspecified atom stereocenters. The topological polar surface area (TPSA) is 51.5 Å². The van der Waals surface area contributed by atoms with Gasteiger partial charge in [-0.3, -0.25) is 4.79 Å². The van der Waals surface area contributed by atoms with Gasteiger partial charge in [-0.05, 0) is 26.0 Å². The molecule has 0 aliphatic carbocycles. The number of nitrogens with one attached hydrogen (secondary N) is 1. The van der Waals surface area contributed by atoms with E-state index in [1.165, 1.54) is 0 Å². The van der Waals surface area contributed by atoms with Gasteiger partial charge in [-0.15, -0.1) is 0 Å². The van der Waals surface area contributed by atoms with Crippen molar-refractivity contribution in [1.29, 1.82) is 0 Å². The van der Waals surface area contributed by atoms with Gasteiger partial charge in [-0.25, -0.2) is 0 Å². The first-order valence-electron chi connectivity index (χ1n) is 4.49. The molecular weight excluding hydrogens is 182 g/mol. The molecule has 0 radical (unpaired) electrons. The first kappa shape index (κ1) is 10.8. The molecule has 1 N–H and O–H groups in total. The Kier molecular flexibility index (Phi) is 3.71. The summed E-state index contributed by atoms with van der Waals surface area (Å²) >= 11 is 0. The summed E-state index contributed by atoms with van der Waals surface area (Å²) in [6, 6.07) is 3.40. The minimum absolute atomic E-state index is 0.0158. The van der Waals surface area contributed by atoms with Crippen LogP contribution in [0.5, 0.6) is 0 Å². The van der Waals surface area contributed by atoms with E-state index in [2.05, 4.69) is 5.32 Å². The normalized spacial score (nSPS) is 12.5. The van der Waals surface area contributed by atoms with Crippen LogP contribution in [-0.4, -0.2) is 25.7 Å². The van der Waals surface area contributed by atoms with Crippen LogP contribution < -0.4 is 5.32 Å². The smallest absolute Gasteiger partial charge is 0.287 e. The minimum Gasteiger partial charge on any atom is -0.456 e. The van der Waals surface area contributed by atoms with Crippen molar-refractivity contribution in [2.45, 2.75) is 19.9 Å². The first-order valence-corrected chi connectivity index (χ1v) is 4.49. The van der Waals surface area contributed by atoms with Gasteiger partial charge >= 0.3 is 0 Å². The summed E-state index contributed by atoms with van der Waals surface area (Å²) in [7, 11) is 1.60. The van der Waals surface area contributed by atoms with E-state index in [0.29, 0.717) is 12.4 Å².